The minimum atomic E-state index is 0.231. The fraction of sp³-hybridized carbons (Fsp3) is 0.214. The number of rotatable bonds is 4. The monoisotopic (exact) mass is 257 g/mol. The highest BCUT2D eigenvalue weighted by atomic mass is 32.1. The molecule has 0 radical (unpaired) electrons. The molecule has 3 aromatic heterocycles. The van der Waals surface area contributed by atoms with Gasteiger partial charge in [-0.1, -0.05) is 19.1 Å². The molecule has 3 aromatic rings. The normalized spacial score (nSPS) is 12.9. The molecule has 0 aromatic carbocycles. The van der Waals surface area contributed by atoms with Crippen LogP contribution in [0.1, 0.15) is 23.4 Å². The Bertz CT molecular complexity index is 627. The zero-order chi connectivity index (χ0) is 12.4. The van der Waals surface area contributed by atoms with Gasteiger partial charge < -0.3 is 5.32 Å². The van der Waals surface area contributed by atoms with E-state index in [0.717, 1.165) is 12.1 Å². The number of hydrogen-bond acceptors (Lipinski definition) is 3. The summed E-state index contributed by atoms with van der Waals surface area (Å²) in [5.74, 6) is 0. The molecule has 0 aliphatic carbocycles. The third-order valence-corrected chi connectivity index (χ3v) is 3.94. The van der Waals surface area contributed by atoms with Crippen molar-refractivity contribution in [2.45, 2.75) is 13.0 Å². The summed E-state index contributed by atoms with van der Waals surface area (Å²) in [6, 6.07) is 10.7. The molecule has 0 saturated carbocycles. The first-order valence-electron chi connectivity index (χ1n) is 6.09. The molecule has 0 fully saturated rings. The molecular weight excluding hydrogens is 242 g/mol. The minimum Gasteiger partial charge on any atom is -0.306 e. The Kier molecular flexibility index (Phi) is 3.13. The molecule has 0 aliphatic heterocycles. The number of fused-ring (bicyclic) bond motifs is 1. The van der Waals surface area contributed by atoms with Crippen molar-refractivity contribution in [3.63, 3.8) is 0 Å². The Morgan fingerprint density at radius 2 is 2.28 bits per heavy atom. The Balaban J connectivity index is 2.10. The second-order valence-electron chi connectivity index (χ2n) is 4.14. The van der Waals surface area contributed by atoms with Crippen LogP contribution < -0.4 is 5.32 Å². The molecule has 4 heteroatoms. The Labute approximate surface area is 110 Å². The van der Waals surface area contributed by atoms with Crippen molar-refractivity contribution in [2.75, 3.05) is 6.54 Å². The first-order chi connectivity index (χ1) is 8.90. The van der Waals surface area contributed by atoms with Crippen LogP contribution in [0.5, 0.6) is 0 Å². The van der Waals surface area contributed by atoms with Gasteiger partial charge in [-0.3, -0.25) is 0 Å². The van der Waals surface area contributed by atoms with Crippen LogP contribution in [0.2, 0.25) is 0 Å². The highest BCUT2D eigenvalue weighted by Gasteiger charge is 2.17. The molecule has 0 aliphatic rings. The molecule has 18 heavy (non-hydrogen) atoms. The van der Waals surface area contributed by atoms with E-state index < -0.39 is 0 Å². The van der Waals surface area contributed by atoms with Gasteiger partial charge in [-0.15, -0.1) is 11.3 Å². The van der Waals surface area contributed by atoms with Crippen molar-refractivity contribution in [3.8, 4) is 0 Å². The van der Waals surface area contributed by atoms with Crippen LogP contribution in [0.3, 0.4) is 0 Å². The zero-order valence-corrected chi connectivity index (χ0v) is 11.0. The molecule has 1 atom stereocenters. The fourth-order valence-electron chi connectivity index (χ4n) is 2.20. The molecular formula is C14H15N3S. The SMILES string of the molecule is CCNC(c1cccs1)c1cnn2ccccc12. The smallest absolute Gasteiger partial charge is 0.0713 e. The van der Waals surface area contributed by atoms with Crippen LogP contribution in [0.15, 0.2) is 48.1 Å². The van der Waals surface area contributed by atoms with Crippen LogP contribution >= 0.6 is 11.3 Å². The standard InChI is InChI=1S/C14H15N3S/c1-2-15-14(13-7-5-9-18-13)11-10-16-17-8-4-3-6-12(11)17/h3-10,14-15H,2H2,1H3. The molecule has 0 spiro atoms. The van der Waals surface area contributed by atoms with Gasteiger partial charge in [0.1, 0.15) is 0 Å². The van der Waals surface area contributed by atoms with E-state index >= 15 is 0 Å². The van der Waals surface area contributed by atoms with Gasteiger partial charge in [0.25, 0.3) is 0 Å². The van der Waals surface area contributed by atoms with Crippen LogP contribution in [0, 0.1) is 0 Å². The number of pyridine rings is 1. The van der Waals surface area contributed by atoms with Crippen molar-refractivity contribution in [1.29, 1.82) is 0 Å². The molecule has 0 bridgehead atoms. The second-order valence-corrected chi connectivity index (χ2v) is 5.12. The van der Waals surface area contributed by atoms with E-state index in [1.165, 1.54) is 10.4 Å². The summed E-state index contributed by atoms with van der Waals surface area (Å²) in [4.78, 5) is 1.33. The first-order valence-corrected chi connectivity index (χ1v) is 6.97. The average Bonchev–Trinajstić information content (AvgIpc) is 3.06. The van der Waals surface area contributed by atoms with Crippen molar-refractivity contribution >= 4 is 16.9 Å². The van der Waals surface area contributed by atoms with Crippen LogP contribution in [0.25, 0.3) is 5.52 Å². The lowest BCUT2D eigenvalue weighted by atomic mass is 10.1. The molecule has 1 unspecified atom stereocenters. The van der Waals surface area contributed by atoms with Gasteiger partial charge in [0, 0.05) is 16.6 Å². The van der Waals surface area contributed by atoms with Gasteiger partial charge in [0.05, 0.1) is 17.8 Å². The summed E-state index contributed by atoms with van der Waals surface area (Å²) in [6.45, 7) is 3.07. The predicted molar refractivity (Wildman–Crippen MR) is 75.0 cm³/mol. The molecule has 3 rings (SSSR count). The van der Waals surface area contributed by atoms with Gasteiger partial charge in [-0.2, -0.15) is 5.10 Å². The molecule has 92 valence electrons. The Hall–Kier alpha value is -1.65. The van der Waals surface area contributed by atoms with Gasteiger partial charge in [0.15, 0.2) is 0 Å². The lowest BCUT2D eigenvalue weighted by molar-refractivity contribution is 0.643. The fourth-order valence-corrected chi connectivity index (χ4v) is 3.02. The van der Waals surface area contributed by atoms with E-state index in [4.69, 9.17) is 0 Å². The Morgan fingerprint density at radius 3 is 3.06 bits per heavy atom. The summed E-state index contributed by atoms with van der Waals surface area (Å²) in [5.41, 5.74) is 2.40. The van der Waals surface area contributed by atoms with Crippen LogP contribution in [-0.4, -0.2) is 16.2 Å². The lowest BCUT2D eigenvalue weighted by Gasteiger charge is -2.15. The minimum absolute atomic E-state index is 0.231. The number of aromatic nitrogens is 2. The van der Waals surface area contributed by atoms with Gasteiger partial charge in [-0.25, -0.2) is 4.52 Å². The third-order valence-electron chi connectivity index (χ3n) is 3.00. The molecule has 1 N–H and O–H groups in total. The van der Waals surface area contributed by atoms with Crippen molar-refractivity contribution in [2.24, 2.45) is 0 Å². The highest BCUT2D eigenvalue weighted by Crippen LogP contribution is 2.28. The topological polar surface area (TPSA) is 29.3 Å². The van der Waals surface area contributed by atoms with E-state index in [9.17, 15) is 0 Å². The number of nitrogens with one attached hydrogen (secondary N) is 1. The predicted octanol–water partition coefficient (Wildman–Crippen LogP) is 3.09. The van der Waals surface area contributed by atoms with E-state index in [1.807, 2.05) is 23.0 Å². The summed E-state index contributed by atoms with van der Waals surface area (Å²) in [7, 11) is 0. The third kappa shape index (κ3) is 1.94. The quantitative estimate of drug-likeness (QED) is 0.778. The van der Waals surface area contributed by atoms with Crippen LogP contribution in [-0.2, 0) is 0 Å². The maximum atomic E-state index is 4.41. The van der Waals surface area contributed by atoms with E-state index in [-0.39, 0.29) is 6.04 Å². The Morgan fingerprint density at radius 1 is 1.33 bits per heavy atom. The van der Waals surface area contributed by atoms with Crippen molar-refractivity contribution < 1.29 is 0 Å². The van der Waals surface area contributed by atoms with E-state index in [1.54, 1.807) is 11.3 Å². The summed E-state index contributed by atoms with van der Waals surface area (Å²) >= 11 is 1.78. The van der Waals surface area contributed by atoms with Crippen molar-refractivity contribution in [1.82, 2.24) is 14.9 Å². The van der Waals surface area contributed by atoms with E-state index in [2.05, 4.69) is 47.0 Å². The second kappa shape index (κ2) is 4.92. The molecule has 0 saturated heterocycles. The number of nitrogens with zero attached hydrogens (tertiary/aromatic N) is 2. The average molecular weight is 257 g/mol. The summed E-state index contributed by atoms with van der Waals surface area (Å²) < 4.78 is 1.92. The maximum Gasteiger partial charge on any atom is 0.0713 e. The number of thiophene rings is 1. The summed E-state index contributed by atoms with van der Waals surface area (Å²) in [5, 5.41) is 10.1. The molecule has 3 nitrogen and oxygen atoms in total. The largest absolute Gasteiger partial charge is 0.306 e. The summed E-state index contributed by atoms with van der Waals surface area (Å²) in [6.07, 6.45) is 3.94. The van der Waals surface area contributed by atoms with Gasteiger partial charge in [-0.05, 0) is 30.1 Å². The lowest BCUT2D eigenvalue weighted by Crippen LogP contribution is -2.20. The maximum absolute atomic E-state index is 4.41. The van der Waals surface area contributed by atoms with E-state index in [0.29, 0.717) is 0 Å². The molecule has 3 heterocycles. The zero-order valence-electron chi connectivity index (χ0n) is 10.2. The number of hydrogen-bond donors (Lipinski definition) is 1. The van der Waals surface area contributed by atoms with Gasteiger partial charge >= 0.3 is 0 Å². The van der Waals surface area contributed by atoms with Crippen LogP contribution in [0.4, 0.5) is 0 Å². The molecule has 0 amide bonds. The van der Waals surface area contributed by atoms with Gasteiger partial charge in [0.2, 0.25) is 0 Å². The highest BCUT2D eigenvalue weighted by molar-refractivity contribution is 7.10. The first kappa shape index (κ1) is 11.4. The van der Waals surface area contributed by atoms with Crippen molar-refractivity contribution in [3.05, 3.63) is 58.5 Å².